The van der Waals surface area contributed by atoms with Gasteiger partial charge in [0.25, 0.3) is 0 Å². The van der Waals surface area contributed by atoms with Crippen LogP contribution in [-0.2, 0) is 4.79 Å². The summed E-state index contributed by atoms with van der Waals surface area (Å²) in [7, 11) is 1.52. The third kappa shape index (κ3) is 5.04. The first-order valence-corrected chi connectivity index (χ1v) is 5.11. The van der Waals surface area contributed by atoms with E-state index in [9.17, 15) is 14.7 Å². The fraction of sp³-hybridized carbons (Fsp3) is 0.0909. The van der Waals surface area contributed by atoms with E-state index in [0.717, 1.165) is 0 Å². The summed E-state index contributed by atoms with van der Waals surface area (Å²) in [6.45, 7) is 0. The van der Waals surface area contributed by atoms with Gasteiger partial charge in [-0.1, -0.05) is 0 Å². The predicted octanol–water partition coefficient (Wildman–Crippen LogP) is -2.09. The molecule has 0 aromatic heterocycles. The average molecular weight is 307 g/mol. The van der Waals surface area contributed by atoms with Crippen molar-refractivity contribution in [2.75, 3.05) is 7.11 Å². The van der Waals surface area contributed by atoms with Crippen LogP contribution in [0.25, 0.3) is 0 Å². The molecular weight excluding hydrogens is 299 g/mol. The molecule has 1 rings (SSSR count). The molecule has 0 aliphatic heterocycles. The fourth-order valence-corrected chi connectivity index (χ4v) is 1.47. The summed E-state index contributed by atoms with van der Waals surface area (Å²) in [4.78, 5) is 21.9. The number of carbonyl (C=O) groups is 2. The molecule has 6 heteroatoms. The van der Waals surface area contributed by atoms with Crippen molar-refractivity contribution in [1.29, 1.82) is 0 Å². The molecule has 1 aromatic rings. The van der Waals surface area contributed by atoms with Crippen LogP contribution in [0, 0.1) is 0 Å². The summed E-state index contributed by atoms with van der Waals surface area (Å²) in [5, 5.41) is 10.3. The van der Waals surface area contributed by atoms with Gasteiger partial charge in [-0.15, -0.1) is 0 Å². The van der Waals surface area contributed by atoms with E-state index in [1.807, 2.05) is 0 Å². The van der Waals surface area contributed by atoms with Crippen LogP contribution in [0.2, 0.25) is 0 Å². The van der Waals surface area contributed by atoms with E-state index in [2.05, 4.69) is 15.9 Å². The maximum atomic E-state index is 11.6. The second-order valence-corrected chi connectivity index (χ2v) is 3.72. The maximum Gasteiger partial charge on any atom is 1.00 e. The number of carbonyl (C=O) groups excluding carboxylic acids is 2. The molecule has 17 heavy (non-hydrogen) atoms. The van der Waals surface area contributed by atoms with Gasteiger partial charge in [-0.05, 0) is 46.3 Å². The second kappa shape index (κ2) is 7.66. The van der Waals surface area contributed by atoms with Crippen LogP contribution in [0.3, 0.4) is 0 Å². The minimum Gasteiger partial charge on any atom is -0.545 e. The number of carboxylic acids is 1. The molecule has 0 spiro atoms. The SMILES string of the molecule is COc1ccc(C(=O)C(Br)=CC(=O)[O-])cc1.[Na+]. The van der Waals surface area contributed by atoms with E-state index in [4.69, 9.17) is 4.74 Å². The number of halogens is 1. The van der Waals surface area contributed by atoms with Gasteiger partial charge in [-0.2, -0.15) is 0 Å². The predicted molar refractivity (Wildman–Crippen MR) is 59.3 cm³/mol. The molecule has 84 valence electrons. The number of hydrogen-bond donors (Lipinski definition) is 0. The van der Waals surface area contributed by atoms with E-state index >= 15 is 0 Å². The Labute approximate surface area is 129 Å². The Morgan fingerprint density at radius 1 is 1.29 bits per heavy atom. The number of aliphatic carboxylic acids is 1. The van der Waals surface area contributed by atoms with Crippen LogP contribution >= 0.6 is 15.9 Å². The van der Waals surface area contributed by atoms with Gasteiger partial charge in [-0.3, -0.25) is 4.79 Å². The number of carboxylic acid groups (broad SMARTS) is 1. The Balaban J connectivity index is 0.00000256. The molecule has 0 aliphatic carbocycles. The average Bonchev–Trinajstić information content (AvgIpc) is 2.27. The molecular formula is C11H8BrNaO4. The van der Waals surface area contributed by atoms with E-state index in [1.54, 1.807) is 24.3 Å². The molecule has 0 amide bonds. The van der Waals surface area contributed by atoms with E-state index in [-0.39, 0.29) is 34.0 Å². The summed E-state index contributed by atoms with van der Waals surface area (Å²) in [5.41, 5.74) is 0.366. The number of ether oxygens (including phenoxy) is 1. The summed E-state index contributed by atoms with van der Waals surface area (Å²) in [5.74, 6) is -1.22. The Bertz CT molecular complexity index is 439. The van der Waals surface area contributed by atoms with Gasteiger partial charge in [0.1, 0.15) is 5.75 Å². The van der Waals surface area contributed by atoms with Crippen LogP contribution in [0.15, 0.2) is 34.8 Å². The Morgan fingerprint density at radius 2 is 1.82 bits per heavy atom. The molecule has 0 heterocycles. The molecule has 0 fully saturated rings. The van der Waals surface area contributed by atoms with Crippen LogP contribution in [-0.4, -0.2) is 18.9 Å². The van der Waals surface area contributed by atoms with E-state index in [1.165, 1.54) is 7.11 Å². The zero-order valence-electron chi connectivity index (χ0n) is 9.40. The summed E-state index contributed by atoms with van der Waals surface area (Å²) in [6, 6.07) is 6.33. The van der Waals surface area contributed by atoms with Crippen LogP contribution in [0.4, 0.5) is 0 Å². The number of methoxy groups -OCH3 is 1. The van der Waals surface area contributed by atoms with Gasteiger partial charge in [0.2, 0.25) is 0 Å². The number of ketones is 1. The van der Waals surface area contributed by atoms with Crippen molar-refractivity contribution in [3.63, 3.8) is 0 Å². The molecule has 0 unspecified atom stereocenters. The first kappa shape index (κ1) is 16.4. The zero-order chi connectivity index (χ0) is 12.1. The van der Waals surface area contributed by atoms with E-state index < -0.39 is 11.8 Å². The number of benzene rings is 1. The number of Topliss-reactive ketones (excluding diaryl/α,β-unsaturated/α-hetero) is 1. The van der Waals surface area contributed by atoms with Crippen LogP contribution in [0.1, 0.15) is 10.4 Å². The monoisotopic (exact) mass is 306 g/mol. The van der Waals surface area contributed by atoms with Gasteiger partial charge in [-0.25, -0.2) is 0 Å². The molecule has 4 nitrogen and oxygen atoms in total. The second-order valence-electron chi connectivity index (χ2n) is 2.87. The molecule has 0 bridgehead atoms. The van der Waals surface area contributed by atoms with Crippen molar-refractivity contribution >= 4 is 27.7 Å². The first-order chi connectivity index (χ1) is 7.54. The summed E-state index contributed by atoms with van der Waals surface area (Å²) in [6.07, 6.45) is 0.701. The Hall–Kier alpha value is -0.620. The smallest absolute Gasteiger partial charge is 0.545 e. The third-order valence-corrected chi connectivity index (χ3v) is 2.40. The fourth-order valence-electron chi connectivity index (χ4n) is 1.05. The number of hydrogen-bond acceptors (Lipinski definition) is 4. The van der Waals surface area contributed by atoms with E-state index in [0.29, 0.717) is 17.4 Å². The van der Waals surface area contributed by atoms with Gasteiger partial charge in [0.15, 0.2) is 5.78 Å². The first-order valence-electron chi connectivity index (χ1n) is 4.31. The molecule has 0 aliphatic rings. The van der Waals surface area contributed by atoms with Crippen molar-refractivity contribution in [2.24, 2.45) is 0 Å². The maximum absolute atomic E-state index is 11.6. The molecule has 1 aromatic carbocycles. The third-order valence-electron chi connectivity index (χ3n) is 1.81. The minimum absolute atomic E-state index is 0. The number of rotatable bonds is 4. The van der Waals surface area contributed by atoms with Crippen molar-refractivity contribution in [2.45, 2.75) is 0 Å². The topological polar surface area (TPSA) is 66.4 Å². The summed E-state index contributed by atoms with van der Waals surface area (Å²) < 4.78 is 4.87. The van der Waals surface area contributed by atoms with Crippen molar-refractivity contribution in [3.8, 4) is 5.75 Å². The van der Waals surface area contributed by atoms with Gasteiger partial charge < -0.3 is 14.6 Å². The summed E-state index contributed by atoms with van der Waals surface area (Å²) >= 11 is 2.88. The normalized spacial score (nSPS) is 10.4. The molecule has 0 saturated carbocycles. The minimum atomic E-state index is -1.42. The van der Waals surface area contributed by atoms with Crippen LogP contribution < -0.4 is 39.4 Å². The van der Waals surface area contributed by atoms with Crippen molar-refractivity contribution < 1.29 is 49.0 Å². The van der Waals surface area contributed by atoms with Crippen LogP contribution in [0.5, 0.6) is 5.75 Å². The molecule has 0 atom stereocenters. The zero-order valence-corrected chi connectivity index (χ0v) is 13.0. The largest absolute Gasteiger partial charge is 1.00 e. The van der Waals surface area contributed by atoms with Crippen molar-refractivity contribution in [1.82, 2.24) is 0 Å². The quantitative estimate of drug-likeness (QED) is 0.363. The molecule has 0 radical (unpaired) electrons. The Morgan fingerprint density at radius 3 is 2.24 bits per heavy atom. The Kier molecular flexibility index (Phi) is 7.38. The molecule has 0 saturated heterocycles. The van der Waals surface area contributed by atoms with Gasteiger partial charge in [0.05, 0.1) is 17.6 Å². The van der Waals surface area contributed by atoms with Gasteiger partial charge >= 0.3 is 29.6 Å². The number of allylic oxidation sites excluding steroid dienone is 1. The van der Waals surface area contributed by atoms with Gasteiger partial charge in [0, 0.05) is 5.56 Å². The molecule has 0 N–H and O–H groups in total. The van der Waals surface area contributed by atoms with Crippen molar-refractivity contribution in [3.05, 3.63) is 40.4 Å². The standard InChI is InChI=1S/C11H9BrO4.Na/c1-16-8-4-2-7(3-5-8)11(15)9(12)6-10(13)14;/h2-6H,1H3,(H,13,14);/q;+1/p-1.